The van der Waals surface area contributed by atoms with Crippen molar-refractivity contribution in [1.82, 2.24) is 0 Å². The Kier molecular flexibility index (Phi) is 4.17. The van der Waals surface area contributed by atoms with Gasteiger partial charge in [-0.25, -0.2) is 0 Å². The summed E-state index contributed by atoms with van der Waals surface area (Å²) in [5, 5.41) is 22.0. The molecule has 0 atom stereocenters. The highest BCUT2D eigenvalue weighted by Gasteiger charge is 2.21. The van der Waals surface area contributed by atoms with Crippen molar-refractivity contribution < 1.29 is 9.85 Å². The molecule has 7 nitrogen and oxygen atoms in total. The lowest BCUT2D eigenvalue weighted by Crippen LogP contribution is -1.97. The Labute approximate surface area is 126 Å². The van der Waals surface area contributed by atoms with Crippen molar-refractivity contribution in [2.45, 2.75) is 6.92 Å². The smallest absolute Gasteiger partial charge is 0.283 e. The number of hydrogen-bond donors (Lipinski definition) is 1. The summed E-state index contributed by atoms with van der Waals surface area (Å²) < 4.78 is 0. The van der Waals surface area contributed by atoms with Gasteiger partial charge in [-0.15, -0.1) is 0 Å². The molecule has 2 rings (SSSR count). The van der Waals surface area contributed by atoms with Crippen LogP contribution in [0.25, 0.3) is 12.2 Å². The monoisotopic (exact) mass is 299 g/mol. The Bertz CT molecular complexity index is 784. The molecule has 0 spiro atoms. The molecular formula is C15H13N3O4. The van der Waals surface area contributed by atoms with Gasteiger partial charge in [0, 0.05) is 11.3 Å². The molecule has 0 heterocycles. The van der Waals surface area contributed by atoms with Crippen molar-refractivity contribution in [3.63, 3.8) is 0 Å². The van der Waals surface area contributed by atoms with E-state index in [-0.39, 0.29) is 16.9 Å². The van der Waals surface area contributed by atoms with Crippen LogP contribution in [0.1, 0.15) is 16.7 Å². The normalized spacial score (nSPS) is 10.8. The number of rotatable bonds is 4. The molecule has 0 aliphatic heterocycles. The van der Waals surface area contributed by atoms with Crippen LogP contribution in [0.5, 0.6) is 0 Å². The zero-order chi connectivity index (χ0) is 16.3. The summed E-state index contributed by atoms with van der Waals surface area (Å²) >= 11 is 0. The van der Waals surface area contributed by atoms with Gasteiger partial charge in [0.2, 0.25) is 0 Å². The minimum absolute atomic E-state index is 0.275. The highest BCUT2D eigenvalue weighted by molar-refractivity contribution is 5.79. The Balaban J connectivity index is 2.51. The first-order valence-corrected chi connectivity index (χ1v) is 6.36. The van der Waals surface area contributed by atoms with Gasteiger partial charge in [0.25, 0.3) is 11.4 Å². The third-order valence-electron chi connectivity index (χ3n) is 3.18. The van der Waals surface area contributed by atoms with E-state index in [1.807, 2.05) is 0 Å². The van der Waals surface area contributed by atoms with Crippen LogP contribution >= 0.6 is 0 Å². The van der Waals surface area contributed by atoms with E-state index in [4.69, 9.17) is 5.73 Å². The second-order valence-corrected chi connectivity index (χ2v) is 4.67. The van der Waals surface area contributed by atoms with Crippen molar-refractivity contribution in [1.29, 1.82) is 0 Å². The first kappa shape index (κ1) is 15.2. The summed E-state index contributed by atoms with van der Waals surface area (Å²) in [7, 11) is 0. The van der Waals surface area contributed by atoms with E-state index in [1.54, 1.807) is 30.3 Å². The van der Waals surface area contributed by atoms with Crippen molar-refractivity contribution in [2.24, 2.45) is 0 Å². The van der Waals surface area contributed by atoms with Crippen LogP contribution in [0.2, 0.25) is 0 Å². The summed E-state index contributed by atoms with van der Waals surface area (Å²) in [6.45, 7) is 1.54. The number of aryl methyl sites for hydroxylation is 1. The van der Waals surface area contributed by atoms with E-state index in [1.165, 1.54) is 19.1 Å². The molecule has 22 heavy (non-hydrogen) atoms. The van der Waals surface area contributed by atoms with E-state index in [9.17, 15) is 20.2 Å². The molecule has 0 amide bonds. The van der Waals surface area contributed by atoms with Crippen LogP contribution in [0, 0.1) is 27.2 Å². The van der Waals surface area contributed by atoms with Gasteiger partial charge < -0.3 is 5.73 Å². The third-order valence-corrected chi connectivity index (χ3v) is 3.18. The van der Waals surface area contributed by atoms with Gasteiger partial charge in [-0.05, 0) is 30.7 Å². The Hall–Kier alpha value is -3.22. The topological polar surface area (TPSA) is 112 Å². The average molecular weight is 299 g/mol. The molecule has 0 aliphatic carbocycles. The number of para-hydroxylation sites is 1. The summed E-state index contributed by atoms with van der Waals surface area (Å²) in [5.41, 5.74) is 7.11. The Morgan fingerprint density at radius 3 is 2.14 bits per heavy atom. The molecule has 0 aromatic heterocycles. The van der Waals surface area contributed by atoms with Crippen LogP contribution in [-0.2, 0) is 0 Å². The fraction of sp³-hybridized carbons (Fsp3) is 0.0667. The van der Waals surface area contributed by atoms with Crippen molar-refractivity contribution in [3.8, 4) is 0 Å². The molecule has 0 fully saturated rings. The molecule has 2 N–H and O–H groups in total. The average Bonchev–Trinajstić information content (AvgIpc) is 2.45. The number of nitrogens with two attached hydrogens (primary N) is 1. The van der Waals surface area contributed by atoms with Gasteiger partial charge in [0.05, 0.1) is 21.5 Å². The standard InChI is InChI=1S/C15H13N3O4/c1-10-8-12(7-6-11-4-2-3-5-13(11)16)15(18(21)22)9-14(10)17(19)20/h2-9H,16H2,1H3. The molecule has 7 heteroatoms. The summed E-state index contributed by atoms with van der Waals surface area (Å²) in [6.07, 6.45) is 3.17. The van der Waals surface area contributed by atoms with Crippen LogP contribution < -0.4 is 5.73 Å². The Morgan fingerprint density at radius 2 is 1.55 bits per heavy atom. The molecule has 2 aromatic carbocycles. The molecule has 0 aliphatic rings. The molecular weight excluding hydrogens is 286 g/mol. The second kappa shape index (κ2) is 6.04. The predicted molar refractivity (Wildman–Crippen MR) is 84.3 cm³/mol. The quantitative estimate of drug-likeness (QED) is 0.401. The van der Waals surface area contributed by atoms with E-state index in [2.05, 4.69) is 0 Å². The molecule has 2 aromatic rings. The number of hydrogen-bond acceptors (Lipinski definition) is 5. The minimum Gasteiger partial charge on any atom is -0.398 e. The van der Waals surface area contributed by atoms with E-state index in [0.29, 0.717) is 16.8 Å². The van der Waals surface area contributed by atoms with Gasteiger partial charge in [-0.3, -0.25) is 20.2 Å². The SMILES string of the molecule is Cc1cc(C=Cc2ccccc2N)c([N+](=O)[O-])cc1[N+](=O)[O-]. The van der Waals surface area contributed by atoms with Crippen molar-refractivity contribution >= 4 is 29.2 Å². The predicted octanol–water partition coefficient (Wildman–Crippen LogP) is 3.56. The molecule has 0 bridgehead atoms. The highest BCUT2D eigenvalue weighted by Crippen LogP contribution is 2.30. The highest BCUT2D eigenvalue weighted by atomic mass is 16.6. The lowest BCUT2D eigenvalue weighted by molar-refractivity contribution is -0.394. The molecule has 0 saturated heterocycles. The largest absolute Gasteiger partial charge is 0.398 e. The maximum absolute atomic E-state index is 11.1. The summed E-state index contributed by atoms with van der Waals surface area (Å²) in [5.74, 6) is 0. The van der Waals surface area contributed by atoms with Gasteiger partial charge >= 0.3 is 0 Å². The van der Waals surface area contributed by atoms with Crippen molar-refractivity contribution in [2.75, 3.05) is 5.73 Å². The number of nitrogen functional groups attached to an aromatic ring is 1. The first-order chi connectivity index (χ1) is 10.4. The molecule has 0 radical (unpaired) electrons. The van der Waals surface area contributed by atoms with Crippen LogP contribution in [0.3, 0.4) is 0 Å². The summed E-state index contributed by atoms with van der Waals surface area (Å²) in [6, 6.07) is 9.47. The van der Waals surface area contributed by atoms with Gasteiger partial charge in [0.1, 0.15) is 0 Å². The zero-order valence-electron chi connectivity index (χ0n) is 11.7. The summed E-state index contributed by atoms with van der Waals surface area (Å²) in [4.78, 5) is 20.7. The van der Waals surface area contributed by atoms with E-state index < -0.39 is 9.85 Å². The maximum Gasteiger partial charge on any atom is 0.283 e. The molecule has 0 unspecified atom stereocenters. The van der Waals surface area contributed by atoms with Crippen LogP contribution in [0.15, 0.2) is 36.4 Å². The zero-order valence-corrected chi connectivity index (χ0v) is 11.7. The number of anilines is 1. The number of benzene rings is 2. The molecule has 0 saturated carbocycles. The van der Waals surface area contributed by atoms with Gasteiger partial charge in [-0.2, -0.15) is 0 Å². The third kappa shape index (κ3) is 3.09. The van der Waals surface area contributed by atoms with Gasteiger partial charge in [-0.1, -0.05) is 24.3 Å². The number of nitro groups is 2. The fourth-order valence-corrected chi connectivity index (χ4v) is 2.04. The number of nitrogens with zero attached hydrogens (tertiary/aromatic N) is 2. The minimum atomic E-state index is -0.638. The van der Waals surface area contributed by atoms with E-state index >= 15 is 0 Å². The lowest BCUT2D eigenvalue weighted by atomic mass is 10.1. The number of nitro benzene ring substituents is 2. The van der Waals surface area contributed by atoms with Gasteiger partial charge in [0.15, 0.2) is 0 Å². The van der Waals surface area contributed by atoms with Crippen LogP contribution in [0.4, 0.5) is 17.1 Å². The molecule has 112 valence electrons. The fourth-order valence-electron chi connectivity index (χ4n) is 2.04. The Morgan fingerprint density at radius 1 is 0.955 bits per heavy atom. The lowest BCUT2D eigenvalue weighted by Gasteiger charge is -2.02. The van der Waals surface area contributed by atoms with E-state index in [0.717, 1.165) is 6.07 Å². The van der Waals surface area contributed by atoms with Crippen LogP contribution in [-0.4, -0.2) is 9.85 Å². The maximum atomic E-state index is 11.1. The van der Waals surface area contributed by atoms with Crippen molar-refractivity contribution in [3.05, 3.63) is 73.3 Å². The second-order valence-electron chi connectivity index (χ2n) is 4.67. The first-order valence-electron chi connectivity index (χ1n) is 6.36.